The summed E-state index contributed by atoms with van der Waals surface area (Å²) in [7, 11) is 1.63. The van der Waals surface area contributed by atoms with E-state index >= 15 is 0 Å². The monoisotopic (exact) mass is 198 g/mol. The van der Waals surface area contributed by atoms with E-state index in [4.69, 9.17) is 16.4 Å². The summed E-state index contributed by atoms with van der Waals surface area (Å²) in [6, 6.07) is 7.91. The van der Waals surface area contributed by atoms with Crippen molar-refractivity contribution in [3.05, 3.63) is 34.9 Å². The third-order valence-electron chi connectivity index (χ3n) is 1.60. The van der Waals surface area contributed by atoms with Crippen LogP contribution in [0.2, 0.25) is 0 Å². The molecule has 0 spiro atoms. The highest BCUT2D eigenvalue weighted by Crippen LogP contribution is 2.15. The number of hydrogen-bond acceptors (Lipinski definition) is 1. The molecule has 2 nitrogen and oxygen atoms in total. The van der Waals surface area contributed by atoms with E-state index in [1.807, 2.05) is 37.3 Å². The molecule has 0 bridgehead atoms. The molecule has 0 aliphatic rings. The van der Waals surface area contributed by atoms with Crippen LogP contribution in [0.3, 0.4) is 0 Å². The Hall–Kier alpha value is -0.830. The van der Waals surface area contributed by atoms with Crippen molar-refractivity contribution in [2.24, 2.45) is 0 Å². The first-order valence-electron chi connectivity index (χ1n) is 4.03. The molecule has 0 unspecified atom stereocenters. The molecule has 0 aliphatic carbocycles. The van der Waals surface area contributed by atoms with Crippen LogP contribution in [0.5, 0.6) is 0 Å². The lowest BCUT2D eigenvalue weighted by Gasteiger charge is -2.00. The summed E-state index contributed by atoms with van der Waals surface area (Å²) >= 11 is 5.79. The molecule has 0 saturated heterocycles. The molecular formula is C10H13ClNO+. The lowest BCUT2D eigenvalue weighted by molar-refractivity contribution is -0.830. The number of hydrogen-bond donors (Lipinski definition) is 1. The van der Waals surface area contributed by atoms with Crippen molar-refractivity contribution < 1.29 is 10.3 Å². The second kappa shape index (κ2) is 5.02. The Morgan fingerprint density at radius 2 is 2.15 bits per heavy atom. The van der Waals surface area contributed by atoms with Gasteiger partial charge in [-0.05, 0) is 19.1 Å². The molecule has 13 heavy (non-hydrogen) atoms. The Labute approximate surface area is 83.1 Å². The van der Waals surface area contributed by atoms with E-state index in [1.54, 1.807) is 12.6 Å². The predicted octanol–water partition coefficient (Wildman–Crippen LogP) is 2.04. The molecule has 0 saturated carbocycles. The third kappa shape index (κ3) is 3.19. The second-order valence-corrected chi connectivity index (χ2v) is 3.31. The van der Waals surface area contributed by atoms with Gasteiger partial charge in [-0.1, -0.05) is 23.7 Å². The van der Waals surface area contributed by atoms with Gasteiger partial charge in [-0.2, -0.15) is 5.48 Å². The second-order valence-electron chi connectivity index (χ2n) is 2.71. The van der Waals surface area contributed by atoms with Gasteiger partial charge in [0.1, 0.15) is 0 Å². The van der Waals surface area contributed by atoms with Crippen molar-refractivity contribution in [2.75, 3.05) is 7.11 Å². The molecule has 0 aromatic heterocycles. The molecular weight excluding hydrogens is 186 g/mol. The quantitative estimate of drug-likeness (QED) is 0.584. The van der Waals surface area contributed by atoms with Gasteiger partial charge in [0.25, 0.3) is 0 Å². The van der Waals surface area contributed by atoms with Crippen LogP contribution in [0.4, 0.5) is 5.69 Å². The van der Waals surface area contributed by atoms with Crippen LogP contribution in [-0.4, -0.2) is 7.11 Å². The number of benzene rings is 1. The minimum absolute atomic E-state index is 0.761. The van der Waals surface area contributed by atoms with Crippen molar-refractivity contribution in [1.82, 2.24) is 0 Å². The summed E-state index contributed by atoms with van der Waals surface area (Å²) in [6.45, 7) is 1.85. The highest BCUT2D eigenvalue weighted by molar-refractivity contribution is 6.31. The summed E-state index contributed by atoms with van der Waals surface area (Å²) in [5.41, 5.74) is 3.80. The highest BCUT2D eigenvalue weighted by atomic mass is 35.5. The number of halogens is 1. The molecule has 0 atom stereocenters. The molecule has 0 amide bonds. The lowest BCUT2D eigenvalue weighted by atomic mass is 10.2. The van der Waals surface area contributed by atoms with E-state index in [-0.39, 0.29) is 0 Å². The smallest absolute Gasteiger partial charge is 0.169 e. The standard InChI is InChI=1S/C10H12ClNO/c1-8(11)7-9-5-3-4-6-10(9)12-13-2/h3-7,12H,1-2H3/p+1/b8-7+. The fourth-order valence-corrected chi connectivity index (χ4v) is 1.21. The van der Waals surface area contributed by atoms with Gasteiger partial charge >= 0.3 is 0 Å². The first-order valence-corrected chi connectivity index (χ1v) is 4.40. The van der Waals surface area contributed by atoms with E-state index in [9.17, 15) is 0 Å². The maximum Gasteiger partial charge on any atom is 0.169 e. The van der Waals surface area contributed by atoms with Gasteiger partial charge in [0.2, 0.25) is 0 Å². The topological polar surface area (TPSA) is 25.8 Å². The SMILES string of the molecule is CO[NH2+]c1ccccc1/C=C(\C)Cl. The van der Waals surface area contributed by atoms with Crippen LogP contribution in [0, 0.1) is 0 Å². The fourth-order valence-electron chi connectivity index (χ4n) is 1.09. The van der Waals surface area contributed by atoms with Gasteiger partial charge in [0.05, 0.1) is 7.11 Å². The molecule has 1 aromatic rings. The number of quaternary nitrogens is 1. The van der Waals surface area contributed by atoms with E-state index < -0.39 is 0 Å². The van der Waals surface area contributed by atoms with Crippen molar-refractivity contribution >= 4 is 23.4 Å². The van der Waals surface area contributed by atoms with Crippen LogP contribution in [0.1, 0.15) is 12.5 Å². The van der Waals surface area contributed by atoms with E-state index in [1.165, 1.54) is 0 Å². The summed E-state index contributed by atoms with van der Waals surface area (Å²) in [5.74, 6) is 0. The molecule has 3 heteroatoms. The van der Waals surface area contributed by atoms with Crippen LogP contribution in [0.25, 0.3) is 6.08 Å². The fraction of sp³-hybridized carbons (Fsp3) is 0.200. The number of rotatable bonds is 3. The van der Waals surface area contributed by atoms with Gasteiger partial charge in [-0.15, -0.1) is 0 Å². The Kier molecular flexibility index (Phi) is 3.96. The largest absolute Gasteiger partial charge is 0.204 e. The van der Waals surface area contributed by atoms with E-state index in [0.29, 0.717) is 0 Å². The minimum atomic E-state index is 0.761. The van der Waals surface area contributed by atoms with Crippen LogP contribution in [0.15, 0.2) is 29.3 Å². The van der Waals surface area contributed by atoms with E-state index in [0.717, 1.165) is 16.3 Å². The molecule has 70 valence electrons. The molecule has 0 aliphatic heterocycles. The molecule has 1 rings (SSSR count). The van der Waals surface area contributed by atoms with Crippen molar-refractivity contribution in [3.8, 4) is 0 Å². The predicted molar refractivity (Wildman–Crippen MR) is 54.5 cm³/mol. The maximum absolute atomic E-state index is 5.79. The van der Waals surface area contributed by atoms with E-state index in [2.05, 4.69) is 0 Å². The average Bonchev–Trinajstić information content (AvgIpc) is 2.08. The lowest BCUT2D eigenvalue weighted by Crippen LogP contribution is -2.76. The Balaban J connectivity index is 2.97. The summed E-state index contributed by atoms with van der Waals surface area (Å²) in [6.07, 6.45) is 1.91. The van der Waals surface area contributed by atoms with Crippen molar-refractivity contribution in [3.63, 3.8) is 0 Å². The molecule has 0 radical (unpaired) electrons. The summed E-state index contributed by atoms with van der Waals surface area (Å²) in [4.78, 5) is 4.95. The Morgan fingerprint density at radius 3 is 2.77 bits per heavy atom. The average molecular weight is 199 g/mol. The van der Waals surface area contributed by atoms with Gasteiger partial charge in [-0.3, -0.25) is 0 Å². The van der Waals surface area contributed by atoms with Gasteiger partial charge in [0.15, 0.2) is 5.69 Å². The number of nitrogens with two attached hydrogens (primary N) is 1. The van der Waals surface area contributed by atoms with Gasteiger partial charge < -0.3 is 0 Å². The first-order chi connectivity index (χ1) is 6.24. The number of allylic oxidation sites excluding steroid dienone is 1. The Bertz CT molecular complexity index is 306. The van der Waals surface area contributed by atoms with Crippen LogP contribution < -0.4 is 5.48 Å². The molecule has 1 aromatic carbocycles. The normalized spacial score (nSPS) is 11.8. The molecule has 0 fully saturated rings. The maximum atomic E-state index is 5.79. The third-order valence-corrected chi connectivity index (χ3v) is 1.70. The summed E-state index contributed by atoms with van der Waals surface area (Å²) < 4.78 is 0. The first kappa shape index (κ1) is 10.3. The molecule has 2 N–H and O–H groups in total. The molecule has 0 heterocycles. The van der Waals surface area contributed by atoms with Crippen molar-refractivity contribution in [2.45, 2.75) is 6.92 Å². The zero-order chi connectivity index (χ0) is 9.68. The summed E-state index contributed by atoms with van der Waals surface area (Å²) in [5, 5.41) is 0.761. The van der Waals surface area contributed by atoms with Gasteiger partial charge in [0, 0.05) is 16.7 Å². The zero-order valence-electron chi connectivity index (χ0n) is 7.75. The Morgan fingerprint density at radius 1 is 1.46 bits per heavy atom. The highest BCUT2D eigenvalue weighted by Gasteiger charge is 2.01. The van der Waals surface area contributed by atoms with Crippen LogP contribution in [-0.2, 0) is 4.84 Å². The minimum Gasteiger partial charge on any atom is -0.204 e. The van der Waals surface area contributed by atoms with Gasteiger partial charge in [-0.25, -0.2) is 4.84 Å². The zero-order valence-corrected chi connectivity index (χ0v) is 8.51. The van der Waals surface area contributed by atoms with Crippen molar-refractivity contribution in [1.29, 1.82) is 0 Å². The van der Waals surface area contributed by atoms with Crippen LogP contribution >= 0.6 is 11.6 Å².